The SMILES string of the molecule is CCc1c(N)ncnc1NC(C)c1ccc(C)o1. The highest BCUT2D eigenvalue weighted by atomic mass is 16.3. The number of anilines is 2. The van der Waals surface area contributed by atoms with E-state index in [1.165, 1.54) is 6.33 Å². The van der Waals surface area contributed by atoms with Gasteiger partial charge in [-0.3, -0.25) is 0 Å². The average molecular weight is 246 g/mol. The number of furan rings is 1. The number of rotatable bonds is 4. The molecule has 0 fully saturated rings. The highest BCUT2D eigenvalue weighted by Gasteiger charge is 2.13. The van der Waals surface area contributed by atoms with Crippen LogP contribution in [0.25, 0.3) is 0 Å². The fourth-order valence-corrected chi connectivity index (χ4v) is 1.86. The Morgan fingerprint density at radius 3 is 2.78 bits per heavy atom. The Morgan fingerprint density at radius 2 is 2.17 bits per heavy atom. The molecule has 5 heteroatoms. The minimum absolute atomic E-state index is 0.0401. The molecular weight excluding hydrogens is 228 g/mol. The lowest BCUT2D eigenvalue weighted by Crippen LogP contribution is -2.11. The smallest absolute Gasteiger partial charge is 0.135 e. The van der Waals surface area contributed by atoms with Gasteiger partial charge in [0.1, 0.15) is 29.5 Å². The van der Waals surface area contributed by atoms with Crippen LogP contribution in [0.3, 0.4) is 0 Å². The molecule has 1 unspecified atom stereocenters. The first-order valence-corrected chi connectivity index (χ1v) is 6.04. The summed E-state index contributed by atoms with van der Waals surface area (Å²) in [5.41, 5.74) is 6.77. The molecule has 0 saturated carbocycles. The first-order chi connectivity index (χ1) is 8.61. The number of aromatic nitrogens is 2. The molecule has 0 radical (unpaired) electrons. The maximum atomic E-state index is 5.84. The molecule has 2 rings (SSSR count). The largest absolute Gasteiger partial charge is 0.464 e. The summed E-state index contributed by atoms with van der Waals surface area (Å²) >= 11 is 0. The second-order valence-electron chi connectivity index (χ2n) is 4.25. The monoisotopic (exact) mass is 246 g/mol. The van der Waals surface area contributed by atoms with Gasteiger partial charge >= 0.3 is 0 Å². The molecule has 0 aliphatic rings. The van der Waals surface area contributed by atoms with Crippen LogP contribution in [0.4, 0.5) is 11.6 Å². The van der Waals surface area contributed by atoms with Crippen molar-refractivity contribution in [2.75, 3.05) is 11.1 Å². The second-order valence-corrected chi connectivity index (χ2v) is 4.25. The number of nitrogens with two attached hydrogens (primary N) is 1. The lowest BCUT2D eigenvalue weighted by atomic mass is 10.2. The Balaban J connectivity index is 2.21. The van der Waals surface area contributed by atoms with Crippen molar-refractivity contribution in [3.63, 3.8) is 0 Å². The number of hydrogen-bond donors (Lipinski definition) is 2. The van der Waals surface area contributed by atoms with Crippen LogP contribution in [-0.2, 0) is 6.42 Å². The van der Waals surface area contributed by atoms with E-state index < -0.39 is 0 Å². The highest BCUT2D eigenvalue weighted by Crippen LogP contribution is 2.24. The summed E-state index contributed by atoms with van der Waals surface area (Å²) < 4.78 is 5.58. The number of nitrogen functional groups attached to an aromatic ring is 1. The molecule has 18 heavy (non-hydrogen) atoms. The number of aryl methyl sites for hydroxylation is 1. The third-order valence-corrected chi connectivity index (χ3v) is 2.87. The van der Waals surface area contributed by atoms with E-state index in [9.17, 15) is 0 Å². The van der Waals surface area contributed by atoms with Crippen LogP contribution in [0.5, 0.6) is 0 Å². The van der Waals surface area contributed by atoms with Crippen molar-refractivity contribution in [3.8, 4) is 0 Å². The van der Waals surface area contributed by atoms with E-state index in [1.807, 2.05) is 32.9 Å². The standard InChI is InChI=1S/C13H18N4O/c1-4-10-12(14)15-7-16-13(10)17-9(3)11-6-5-8(2)18-11/h5-7,9H,4H2,1-3H3,(H3,14,15,16,17). The summed E-state index contributed by atoms with van der Waals surface area (Å²) in [4.78, 5) is 8.24. The molecule has 3 N–H and O–H groups in total. The fourth-order valence-electron chi connectivity index (χ4n) is 1.86. The van der Waals surface area contributed by atoms with E-state index in [1.54, 1.807) is 0 Å². The van der Waals surface area contributed by atoms with Gasteiger partial charge in [0.05, 0.1) is 6.04 Å². The minimum Gasteiger partial charge on any atom is -0.464 e. The van der Waals surface area contributed by atoms with Crippen LogP contribution in [0, 0.1) is 6.92 Å². The molecule has 1 atom stereocenters. The van der Waals surface area contributed by atoms with Gasteiger partial charge in [-0.15, -0.1) is 0 Å². The predicted molar refractivity (Wildman–Crippen MR) is 71.3 cm³/mol. The van der Waals surface area contributed by atoms with Crippen molar-refractivity contribution >= 4 is 11.6 Å². The van der Waals surface area contributed by atoms with Crippen LogP contribution in [0.2, 0.25) is 0 Å². The van der Waals surface area contributed by atoms with Crippen LogP contribution >= 0.6 is 0 Å². The van der Waals surface area contributed by atoms with E-state index in [-0.39, 0.29) is 6.04 Å². The van der Waals surface area contributed by atoms with Crippen LogP contribution in [0.1, 0.15) is 37.0 Å². The fraction of sp³-hybridized carbons (Fsp3) is 0.385. The molecular formula is C13H18N4O. The van der Waals surface area contributed by atoms with Gasteiger partial charge < -0.3 is 15.5 Å². The predicted octanol–water partition coefficient (Wildman–Crippen LogP) is 2.70. The first-order valence-electron chi connectivity index (χ1n) is 6.04. The van der Waals surface area contributed by atoms with E-state index in [4.69, 9.17) is 10.2 Å². The zero-order chi connectivity index (χ0) is 13.1. The van der Waals surface area contributed by atoms with E-state index >= 15 is 0 Å². The molecule has 0 saturated heterocycles. The van der Waals surface area contributed by atoms with Crippen molar-refractivity contribution < 1.29 is 4.42 Å². The van der Waals surface area contributed by atoms with Crippen LogP contribution in [0.15, 0.2) is 22.9 Å². The summed E-state index contributed by atoms with van der Waals surface area (Å²) in [6, 6.07) is 3.95. The molecule has 2 aromatic heterocycles. The van der Waals surface area contributed by atoms with Crippen LogP contribution < -0.4 is 11.1 Å². The van der Waals surface area contributed by atoms with Crippen LogP contribution in [-0.4, -0.2) is 9.97 Å². The third-order valence-electron chi connectivity index (χ3n) is 2.87. The number of nitrogens with one attached hydrogen (secondary N) is 1. The molecule has 0 bridgehead atoms. The van der Waals surface area contributed by atoms with Gasteiger partial charge in [0.15, 0.2) is 0 Å². The zero-order valence-corrected chi connectivity index (χ0v) is 10.9. The van der Waals surface area contributed by atoms with Gasteiger partial charge in [0.25, 0.3) is 0 Å². The van der Waals surface area contributed by atoms with Gasteiger partial charge in [0.2, 0.25) is 0 Å². The van der Waals surface area contributed by atoms with E-state index in [0.717, 1.165) is 29.3 Å². The molecule has 2 heterocycles. The van der Waals surface area contributed by atoms with Crippen molar-refractivity contribution in [2.24, 2.45) is 0 Å². The van der Waals surface area contributed by atoms with E-state index in [0.29, 0.717) is 5.82 Å². The maximum absolute atomic E-state index is 5.84. The van der Waals surface area contributed by atoms with Crippen molar-refractivity contribution in [1.29, 1.82) is 0 Å². The lowest BCUT2D eigenvalue weighted by Gasteiger charge is -2.15. The topological polar surface area (TPSA) is 77.0 Å². The molecule has 0 amide bonds. The Hall–Kier alpha value is -2.04. The van der Waals surface area contributed by atoms with Crippen molar-refractivity contribution in [2.45, 2.75) is 33.2 Å². The average Bonchev–Trinajstić information content (AvgIpc) is 2.76. The molecule has 96 valence electrons. The Kier molecular flexibility index (Phi) is 3.50. The van der Waals surface area contributed by atoms with Gasteiger partial charge in [-0.25, -0.2) is 9.97 Å². The highest BCUT2D eigenvalue weighted by molar-refractivity contribution is 5.55. The van der Waals surface area contributed by atoms with Crippen molar-refractivity contribution in [3.05, 3.63) is 35.5 Å². The van der Waals surface area contributed by atoms with Gasteiger partial charge in [-0.05, 0) is 32.4 Å². The molecule has 0 spiro atoms. The van der Waals surface area contributed by atoms with Gasteiger partial charge in [-0.2, -0.15) is 0 Å². The summed E-state index contributed by atoms with van der Waals surface area (Å²) in [6.45, 7) is 5.98. The van der Waals surface area contributed by atoms with Gasteiger partial charge in [-0.1, -0.05) is 6.92 Å². The number of hydrogen-bond acceptors (Lipinski definition) is 5. The Labute approximate surface area is 106 Å². The lowest BCUT2D eigenvalue weighted by molar-refractivity contribution is 0.466. The van der Waals surface area contributed by atoms with E-state index in [2.05, 4.69) is 15.3 Å². The normalized spacial score (nSPS) is 12.4. The number of nitrogens with zero attached hydrogens (tertiary/aromatic N) is 2. The zero-order valence-electron chi connectivity index (χ0n) is 10.9. The van der Waals surface area contributed by atoms with Crippen molar-refractivity contribution in [1.82, 2.24) is 9.97 Å². The summed E-state index contributed by atoms with van der Waals surface area (Å²) in [5, 5.41) is 3.31. The van der Waals surface area contributed by atoms with Gasteiger partial charge in [0, 0.05) is 5.56 Å². The minimum atomic E-state index is 0.0401. The molecule has 0 aliphatic heterocycles. The second kappa shape index (κ2) is 5.08. The summed E-state index contributed by atoms with van der Waals surface area (Å²) in [5.74, 6) is 3.08. The Bertz CT molecular complexity index is 536. The summed E-state index contributed by atoms with van der Waals surface area (Å²) in [6.07, 6.45) is 2.26. The summed E-state index contributed by atoms with van der Waals surface area (Å²) in [7, 11) is 0. The molecule has 2 aromatic rings. The quantitative estimate of drug-likeness (QED) is 0.867. The molecule has 5 nitrogen and oxygen atoms in total. The molecule has 0 aliphatic carbocycles. The Morgan fingerprint density at radius 1 is 1.39 bits per heavy atom. The first kappa shape index (κ1) is 12.4. The molecule has 0 aromatic carbocycles. The maximum Gasteiger partial charge on any atom is 0.135 e. The third kappa shape index (κ3) is 2.45.